The molecule has 1 aromatic carbocycles. The molecule has 0 saturated carbocycles. The molecule has 0 spiro atoms. The molecular formula is C18H21Br2N3O2. The molecule has 1 fully saturated rings. The first-order valence-corrected chi connectivity index (χ1v) is 9.82. The molecule has 0 unspecified atom stereocenters. The second-order valence-electron chi connectivity index (χ2n) is 6.28. The van der Waals surface area contributed by atoms with Gasteiger partial charge in [0, 0.05) is 35.1 Å². The van der Waals surface area contributed by atoms with Crippen molar-refractivity contribution in [3.05, 3.63) is 50.8 Å². The van der Waals surface area contributed by atoms with Crippen LogP contribution in [0.3, 0.4) is 0 Å². The first kappa shape index (κ1) is 18.6. The molecule has 7 heteroatoms. The average Bonchev–Trinajstić information content (AvgIpc) is 3.06. The van der Waals surface area contributed by atoms with Gasteiger partial charge in [-0.05, 0) is 68.6 Å². The van der Waals surface area contributed by atoms with Gasteiger partial charge in [0.15, 0.2) is 0 Å². The molecule has 1 saturated heterocycles. The van der Waals surface area contributed by atoms with Gasteiger partial charge in [0.05, 0.1) is 25.0 Å². The SMILES string of the molecule is Cc1cc(Br)c(NC(=O)CN2CCN(Cc3ccco3)CC2)c(Br)c1. The quantitative estimate of drug-likeness (QED) is 0.720. The Morgan fingerprint density at radius 2 is 1.80 bits per heavy atom. The van der Waals surface area contributed by atoms with E-state index < -0.39 is 0 Å². The maximum Gasteiger partial charge on any atom is 0.238 e. The molecule has 1 aliphatic rings. The maximum absolute atomic E-state index is 12.4. The number of amides is 1. The Hall–Kier alpha value is -1.15. The number of nitrogens with one attached hydrogen (secondary N) is 1. The lowest BCUT2D eigenvalue weighted by Gasteiger charge is -2.33. The van der Waals surface area contributed by atoms with Crippen molar-refractivity contribution >= 4 is 43.5 Å². The maximum atomic E-state index is 12.4. The highest BCUT2D eigenvalue weighted by atomic mass is 79.9. The minimum atomic E-state index is 0.00439. The molecule has 0 aliphatic carbocycles. The second kappa shape index (κ2) is 8.49. The van der Waals surface area contributed by atoms with Crippen LogP contribution < -0.4 is 5.32 Å². The first-order valence-electron chi connectivity index (χ1n) is 8.24. The number of piperazine rings is 1. The molecule has 1 aromatic heterocycles. The van der Waals surface area contributed by atoms with Gasteiger partial charge in [-0.1, -0.05) is 0 Å². The lowest BCUT2D eigenvalue weighted by Crippen LogP contribution is -2.48. The molecule has 1 amide bonds. The molecule has 0 atom stereocenters. The van der Waals surface area contributed by atoms with Crippen LogP contribution in [-0.4, -0.2) is 48.4 Å². The molecule has 2 aromatic rings. The van der Waals surface area contributed by atoms with Crippen molar-refractivity contribution < 1.29 is 9.21 Å². The molecular weight excluding hydrogens is 450 g/mol. The van der Waals surface area contributed by atoms with Crippen LogP contribution in [0.25, 0.3) is 0 Å². The van der Waals surface area contributed by atoms with Gasteiger partial charge in [-0.2, -0.15) is 0 Å². The van der Waals surface area contributed by atoms with E-state index in [-0.39, 0.29) is 5.91 Å². The molecule has 3 rings (SSSR count). The van der Waals surface area contributed by atoms with Gasteiger partial charge in [0.1, 0.15) is 5.76 Å². The zero-order valence-corrected chi connectivity index (χ0v) is 17.3. The smallest absolute Gasteiger partial charge is 0.238 e. The van der Waals surface area contributed by atoms with E-state index in [9.17, 15) is 4.79 Å². The van der Waals surface area contributed by atoms with Crippen LogP contribution in [0.4, 0.5) is 5.69 Å². The number of nitrogens with zero attached hydrogens (tertiary/aromatic N) is 2. The minimum absolute atomic E-state index is 0.00439. The summed E-state index contributed by atoms with van der Waals surface area (Å²) in [6, 6.07) is 7.90. The van der Waals surface area contributed by atoms with E-state index in [0.717, 1.165) is 58.7 Å². The summed E-state index contributed by atoms with van der Waals surface area (Å²) in [6.45, 7) is 6.88. The summed E-state index contributed by atoms with van der Waals surface area (Å²) in [6.07, 6.45) is 1.71. The topological polar surface area (TPSA) is 48.7 Å². The zero-order chi connectivity index (χ0) is 17.8. The van der Waals surface area contributed by atoms with E-state index in [1.165, 1.54) is 0 Å². The third-order valence-corrected chi connectivity index (χ3v) is 5.49. The first-order chi connectivity index (χ1) is 12.0. The largest absolute Gasteiger partial charge is 0.468 e. The van der Waals surface area contributed by atoms with E-state index >= 15 is 0 Å². The van der Waals surface area contributed by atoms with E-state index in [0.29, 0.717) is 6.54 Å². The standard InChI is InChI=1S/C18H21Br2N3O2/c1-13-9-15(19)18(16(20)10-13)21-17(24)12-23-6-4-22(5-7-23)11-14-3-2-8-25-14/h2-3,8-10H,4-7,11-12H2,1H3,(H,21,24). The average molecular weight is 471 g/mol. The zero-order valence-electron chi connectivity index (χ0n) is 14.1. The van der Waals surface area contributed by atoms with Crippen molar-refractivity contribution in [1.29, 1.82) is 0 Å². The van der Waals surface area contributed by atoms with E-state index in [1.807, 2.05) is 31.2 Å². The Kier molecular flexibility index (Phi) is 6.33. The molecule has 1 aliphatic heterocycles. The van der Waals surface area contributed by atoms with Gasteiger partial charge in [-0.25, -0.2) is 0 Å². The summed E-state index contributed by atoms with van der Waals surface area (Å²) in [5, 5.41) is 3.00. The lowest BCUT2D eigenvalue weighted by atomic mass is 10.2. The molecule has 0 radical (unpaired) electrons. The van der Waals surface area contributed by atoms with E-state index in [4.69, 9.17) is 4.42 Å². The number of benzene rings is 1. The van der Waals surface area contributed by atoms with Crippen LogP contribution in [0.2, 0.25) is 0 Å². The number of hydrogen-bond acceptors (Lipinski definition) is 4. The van der Waals surface area contributed by atoms with Crippen molar-refractivity contribution in [2.75, 3.05) is 38.0 Å². The fourth-order valence-corrected chi connectivity index (χ4v) is 4.54. The fraction of sp³-hybridized carbons (Fsp3) is 0.389. The Morgan fingerprint density at radius 3 is 2.40 bits per heavy atom. The molecule has 0 bridgehead atoms. The normalized spacial score (nSPS) is 16.1. The van der Waals surface area contributed by atoms with Crippen molar-refractivity contribution in [3.63, 3.8) is 0 Å². The number of rotatable bonds is 5. The number of aryl methyl sites for hydroxylation is 1. The van der Waals surface area contributed by atoms with Crippen molar-refractivity contribution in [2.24, 2.45) is 0 Å². The summed E-state index contributed by atoms with van der Waals surface area (Å²) >= 11 is 7.03. The number of hydrogen-bond donors (Lipinski definition) is 1. The van der Waals surface area contributed by atoms with Crippen LogP contribution in [-0.2, 0) is 11.3 Å². The summed E-state index contributed by atoms with van der Waals surface area (Å²) in [4.78, 5) is 16.9. The van der Waals surface area contributed by atoms with Gasteiger partial charge in [0.25, 0.3) is 0 Å². The predicted octanol–water partition coefficient (Wildman–Crippen LogP) is 3.87. The Bertz CT molecular complexity index is 703. The van der Waals surface area contributed by atoms with Gasteiger partial charge < -0.3 is 9.73 Å². The summed E-state index contributed by atoms with van der Waals surface area (Å²) in [7, 11) is 0. The molecule has 5 nitrogen and oxygen atoms in total. The highest BCUT2D eigenvalue weighted by Crippen LogP contribution is 2.32. The second-order valence-corrected chi connectivity index (χ2v) is 7.99. The van der Waals surface area contributed by atoms with Crippen molar-refractivity contribution in [3.8, 4) is 0 Å². The monoisotopic (exact) mass is 469 g/mol. The van der Waals surface area contributed by atoms with Crippen molar-refractivity contribution in [2.45, 2.75) is 13.5 Å². The molecule has 25 heavy (non-hydrogen) atoms. The Morgan fingerprint density at radius 1 is 1.16 bits per heavy atom. The highest BCUT2D eigenvalue weighted by molar-refractivity contribution is 9.11. The van der Waals surface area contributed by atoms with Gasteiger partial charge in [-0.3, -0.25) is 14.6 Å². The van der Waals surface area contributed by atoms with Crippen LogP contribution in [0.1, 0.15) is 11.3 Å². The van der Waals surface area contributed by atoms with Crippen molar-refractivity contribution in [1.82, 2.24) is 9.80 Å². The Balaban J connectivity index is 1.48. The van der Waals surface area contributed by atoms with Crippen LogP contribution in [0.15, 0.2) is 43.9 Å². The lowest BCUT2D eigenvalue weighted by molar-refractivity contribution is -0.117. The van der Waals surface area contributed by atoms with Gasteiger partial charge >= 0.3 is 0 Å². The molecule has 2 heterocycles. The van der Waals surface area contributed by atoms with Crippen LogP contribution in [0, 0.1) is 6.92 Å². The predicted molar refractivity (Wildman–Crippen MR) is 106 cm³/mol. The molecule has 134 valence electrons. The summed E-state index contributed by atoms with van der Waals surface area (Å²) < 4.78 is 7.17. The van der Waals surface area contributed by atoms with E-state index in [2.05, 4.69) is 47.0 Å². The number of anilines is 1. The fourth-order valence-electron chi connectivity index (χ4n) is 2.93. The van der Waals surface area contributed by atoms with Crippen LogP contribution in [0.5, 0.6) is 0 Å². The number of furan rings is 1. The number of carbonyl (C=O) groups excluding carboxylic acids is 1. The van der Waals surface area contributed by atoms with E-state index in [1.54, 1.807) is 6.26 Å². The molecule has 1 N–H and O–H groups in total. The summed E-state index contributed by atoms with van der Waals surface area (Å²) in [5.74, 6) is 0.991. The van der Waals surface area contributed by atoms with Crippen LogP contribution >= 0.6 is 31.9 Å². The number of halogens is 2. The Labute approximate surface area is 164 Å². The minimum Gasteiger partial charge on any atom is -0.468 e. The van der Waals surface area contributed by atoms with Gasteiger partial charge in [0.2, 0.25) is 5.91 Å². The third-order valence-electron chi connectivity index (χ3n) is 4.24. The third kappa shape index (κ3) is 5.17. The van der Waals surface area contributed by atoms with Gasteiger partial charge in [-0.15, -0.1) is 0 Å². The number of carbonyl (C=O) groups is 1. The highest BCUT2D eigenvalue weighted by Gasteiger charge is 2.20. The summed E-state index contributed by atoms with van der Waals surface area (Å²) in [5.41, 5.74) is 1.91.